The molecule has 1 aliphatic rings. The standard InChI is InChI=1S/C25H27S/c1-15-10-9-12-21-24(23-18(4)16(2)14-17(3)19(23)5)20-11-7-8-13-22(20)26(6)25(15)21/h7-14,24H,1-6H3/q+1/t24-,26?/m1/s1. The molecule has 3 aromatic carbocycles. The van der Waals surface area contributed by atoms with Gasteiger partial charge in [-0.2, -0.15) is 0 Å². The third-order valence-corrected chi connectivity index (χ3v) is 8.33. The summed E-state index contributed by atoms with van der Waals surface area (Å²) in [5, 5.41) is 0. The Morgan fingerprint density at radius 2 is 1.31 bits per heavy atom. The van der Waals surface area contributed by atoms with Crippen LogP contribution in [0.4, 0.5) is 0 Å². The van der Waals surface area contributed by atoms with E-state index in [9.17, 15) is 0 Å². The largest absolute Gasteiger partial charge is 0.167 e. The van der Waals surface area contributed by atoms with Gasteiger partial charge in [0.2, 0.25) is 0 Å². The van der Waals surface area contributed by atoms with E-state index >= 15 is 0 Å². The van der Waals surface area contributed by atoms with Gasteiger partial charge in [0.05, 0.1) is 10.9 Å². The van der Waals surface area contributed by atoms with Crippen LogP contribution < -0.4 is 0 Å². The first-order valence-electron chi connectivity index (χ1n) is 9.33. The first-order chi connectivity index (χ1) is 12.4. The fourth-order valence-electron chi connectivity index (χ4n) is 4.59. The molecule has 26 heavy (non-hydrogen) atoms. The van der Waals surface area contributed by atoms with Crippen LogP contribution in [0.1, 0.15) is 50.4 Å². The Balaban J connectivity index is 2.12. The lowest BCUT2D eigenvalue weighted by molar-refractivity contribution is 0.866. The van der Waals surface area contributed by atoms with Crippen LogP contribution in [0, 0.1) is 34.6 Å². The molecule has 1 heteroatoms. The van der Waals surface area contributed by atoms with Crippen molar-refractivity contribution in [3.05, 3.63) is 93.0 Å². The monoisotopic (exact) mass is 359 g/mol. The first-order valence-corrected chi connectivity index (χ1v) is 11.0. The Labute approximate surface area is 160 Å². The van der Waals surface area contributed by atoms with Gasteiger partial charge in [0.15, 0.2) is 9.79 Å². The van der Waals surface area contributed by atoms with Gasteiger partial charge in [-0.15, -0.1) is 0 Å². The van der Waals surface area contributed by atoms with Crippen molar-refractivity contribution in [1.82, 2.24) is 0 Å². The minimum atomic E-state index is 0.130. The molecule has 4 rings (SSSR count). The molecule has 0 saturated heterocycles. The van der Waals surface area contributed by atoms with Gasteiger partial charge in [0.1, 0.15) is 6.26 Å². The summed E-state index contributed by atoms with van der Waals surface area (Å²) in [5.41, 5.74) is 11.6. The molecule has 1 heterocycles. The van der Waals surface area contributed by atoms with E-state index < -0.39 is 0 Å². The van der Waals surface area contributed by atoms with E-state index in [1.165, 1.54) is 49.4 Å². The van der Waals surface area contributed by atoms with E-state index in [4.69, 9.17) is 0 Å². The maximum absolute atomic E-state index is 2.39. The smallest absolute Gasteiger partial charge is 0.0616 e. The lowest BCUT2D eigenvalue weighted by atomic mass is 9.78. The van der Waals surface area contributed by atoms with Crippen molar-refractivity contribution in [2.75, 3.05) is 6.26 Å². The Morgan fingerprint density at radius 3 is 2.00 bits per heavy atom. The lowest BCUT2D eigenvalue weighted by Crippen LogP contribution is -2.22. The van der Waals surface area contributed by atoms with Gasteiger partial charge in [0.25, 0.3) is 0 Å². The molecule has 0 fully saturated rings. The van der Waals surface area contributed by atoms with Crippen LogP contribution >= 0.6 is 0 Å². The minimum absolute atomic E-state index is 0.130. The molecule has 1 aliphatic heterocycles. The molecule has 3 aromatic rings. The van der Waals surface area contributed by atoms with E-state index in [1.54, 1.807) is 4.90 Å². The fourth-order valence-corrected chi connectivity index (χ4v) is 6.72. The second kappa shape index (κ2) is 6.32. The Morgan fingerprint density at radius 1 is 0.692 bits per heavy atom. The average Bonchev–Trinajstić information content (AvgIpc) is 2.62. The number of aryl methyl sites for hydroxylation is 3. The van der Waals surface area contributed by atoms with Gasteiger partial charge in [-0.25, -0.2) is 0 Å². The van der Waals surface area contributed by atoms with Gasteiger partial charge >= 0.3 is 0 Å². The fraction of sp³-hybridized carbons (Fsp3) is 0.280. The van der Waals surface area contributed by atoms with Crippen LogP contribution in [0.5, 0.6) is 0 Å². The third-order valence-electron chi connectivity index (χ3n) is 6.13. The highest BCUT2D eigenvalue weighted by atomic mass is 32.2. The summed E-state index contributed by atoms with van der Waals surface area (Å²) in [4.78, 5) is 3.06. The van der Waals surface area contributed by atoms with E-state index in [1.807, 2.05) is 0 Å². The lowest BCUT2D eigenvalue weighted by Gasteiger charge is -2.30. The van der Waals surface area contributed by atoms with E-state index in [0.29, 0.717) is 5.92 Å². The van der Waals surface area contributed by atoms with Crippen molar-refractivity contribution in [1.29, 1.82) is 0 Å². The highest BCUT2D eigenvalue weighted by molar-refractivity contribution is 7.96. The van der Waals surface area contributed by atoms with Crippen molar-refractivity contribution in [3.63, 3.8) is 0 Å². The number of rotatable bonds is 1. The summed E-state index contributed by atoms with van der Waals surface area (Å²) in [7, 11) is 0.130. The second-order valence-corrected chi connectivity index (χ2v) is 9.52. The summed E-state index contributed by atoms with van der Waals surface area (Å²) in [5.74, 6) is 0.336. The van der Waals surface area contributed by atoms with Crippen molar-refractivity contribution in [2.24, 2.45) is 0 Å². The third kappa shape index (κ3) is 2.45. The number of fused-ring (bicyclic) bond motifs is 2. The van der Waals surface area contributed by atoms with Crippen molar-refractivity contribution in [2.45, 2.75) is 50.3 Å². The maximum atomic E-state index is 2.39. The van der Waals surface area contributed by atoms with Crippen molar-refractivity contribution >= 4 is 10.9 Å². The highest BCUT2D eigenvalue weighted by Crippen LogP contribution is 2.48. The predicted molar refractivity (Wildman–Crippen MR) is 114 cm³/mol. The Kier molecular flexibility index (Phi) is 4.23. The number of benzene rings is 3. The number of hydrogen-bond acceptors (Lipinski definition) is 0. The Hall–Kier alpha value is -1.99. The normalized spacial score (nSPS) is 18.4. The topological polar surface area (TPSA) is 0 Å². The van der Waals surface area contributed by atoms with Gasteiger partial charge in [-0.1, -0.05) is 42.5 Å². The SMILES string of the molecule is Cc1cc(C)c(C)c([C@@H]2c3ccccc3[S+](C)c3c(C)cccc32)c1C. The zero-order valence-electron chi connectivity index (χ0n) is 16.6. The predicted octanol–water partition coefficient (Wildman–Crippen LogP) is 6.39. The molecule has 0 radical (unpaired) electrons. The van der Waals surface area contributed by atoms with E-state index in [-0.39, 0.29) is 10.9 Å². The van der Waals surface area contributed by atoms with Crippen LogP contribution in [-0.4, -0.2) is 6.26 Å². The van der Waals surface area contributed by atoms with Gasteiger partial charge in [-0.05, 0) is 68.5 Å². The zero-order chi connectivity index (χ0) is 18.6. The molecule has 0 N–H and O–H groups in total. The molecule has 132 valence electrons. The molecule has 2 atom stereocenters. The van der Waals surface area contributed by atoms with Crippen molar-refractivity contribution in [3.8, 4) is 0 Å². The van der Waals surface area contributed by atoms with Gasteiger partial charge in [0, 0.05) is 22.6 Å². The molecular formula is C25H27S+. The molecule has 0 amide bonds. The van der Waals surface area contributed by atoms with Crippen LogP contribution in [0.25, 0.3) is 0 Å². The van der Waals surface area contributed by atoms with Crippen LogP contribution in [0.2, 0.25) is 0 Å². The van der Waals surface area contributed by atoms with Gasteiger partial charge < -0.3 is 0 Å². The molecule has 1 unspecified atom stereocenters. The van der Waals surface area contributed by atoms with Crippen LogP contribution in [0.15, 0.2) is 58.3 Å². The quantitative estimate of drug-likeness (QED) is 0.442. The first kappa shape index (κ1) is 17.4. The summed E-state index contributed by atoms with van der Waals surface area (Å²) in [6.07, 6.45) is 2.39. The van der Waals surface area contributed by atoms with E-state index in [2.05, 4.69) is 89.4 Å². The molecule has 0 nitrogen and oxygen atoms in total. The summed E-state index contributed by atoms with van der Waals surface area (Å²) < 4.78 is 0. The van der Waals surface area contributed by atoms with Crippen LogP contribution in [0.3, 0.4) is 0 Å². The molecule has 0 aromatic heterocycles. The summed E-state index contributed by atoms with van der Waals surface area (Å²) in [6, 6.07) is 18.3. The summed E-state index contributed by atoms with van der Waals surface area (Å²) in [6.45, 7) is 11.4. The zero-order valence-corrected chi connectivity index (χ0v) is 17.4. The van der Waals surface area contributed by atoms with E-state index in [0.717, 1.165) is 0 Å². The van der Waals surface area contributed by atoms with Crippen molar-refractivity contribution < 1.29 is 0 Å². The van der Waals surface area contributed by atoms with Crippen LogP contribution in [-0.2, 0) is 10.9 Å². The number of hydrogen-bond donors (Lipinski definition) is 0. The molecular weight excluding hydrogens is 332 g/mol. The minimum Gasteiger partial charge on any atom is -0.0616 e. The molecule has 0 aliphatic carbocycles. The second-order valence-electron chi connectivity index (χ2n) is 7.65. The Bertz CT molecular complexity index is 987. The highest BCUT2D eigenvalue weighted by Gasteiger charge is 2.40. The summed E-state index contributed by atoms with van der Waals surface area (Å²) >= 11 is 0. The molecule has 0 bridgehead atoms. The van der Waals surface area contributed by atoms with Gasteiger partial charge in [-0.3, -0.25) is 0 Å². The molecule has 0 spiro atoms. The maximum Gasteiger partial charge on any atom is 0.167 e. The molecule has 0 saturated carbocycles. The average molecular weight is 360 g/mol.